The predicted octanol–water partition coefficient (Wildman–Crippen LogP) is 4.46. The molecule has 0 amide bonds. The molecule has 0 spiro atoms. The lowest BCUT2D eigenvalue weighted by Crippen LogP contribution is -2.36. The summed E-state index contributed by atoms with van der Waals surface area (Å²) in [5.74, 6) is 1.73. The minimum atomic E-state index is 0. The third kappa shape index (κ3) is 7.43. The Morgan fingerprint density at radius 2 is 1.85 bits per heavy atom. The van der Waals surface area contributed by atoms with Crippen LogP contribution in [0.25, 0.3) is 0 Å². The first kappa shape index (κ1) is 22.2. The van der Waals surface area contributed by atoms with Gasteiger partial charge in [0.25, 0.3) is 0 Å². The molecular formula is C21H31IN4S. The van der Waals surface area contributed by atoms with Crippen molar-refractivity contribution in [2.45, 2.75) is 39.4 Å². The molecule has 0 bridgehead atoms. The predicted molar refractivity (Wildman–Crippen MR) is 127 cm³/mol. The molecule has 0 atom stereocenters. The number of piperidine rings is 1. The van der Waals surface area contributed by atoms with E-state index in [2.05, 4.69) is 69.2 Å². The van der Waals surface area contributed by atoms with Crippen molar-refractivity contribution in [2.24, 2.45) is 10.9 Å². The van der Waals surface area contributed by atoms with Crippen LogP contribution in [0.5, 0.6) is 0 Å². The van der Waals surface area contributed by atoms with Gasteiger partial charge in [-0.25, -0.2) is 0 Å². The summed E-state index contributed by atoms with van der Waals surface area (Å²) in [6.07, 6.45) is 2.65. The second-order valence-corrected chi connectivity index (χ2v) is 8.17. The second kappa shape index (κ2) is 11.7. The topological polar surface area (TPSA) is 39.7 Å². The van der Waals surface area contributed by atoms with Gasteiger partial charge in [0.05, 0.1) is 6.54 Å². The summed E-state index contributed by atoms with van der Waals surface area (Å²) in [5, 5.41) is 8.88. The highest BCUT2D eigenvalue weighted by Gasteiger charge is 2.15. The Bertz CT molecular complexity index is 694. The highest BCUT2D eigenvalue weighted by Crippen LogP contribution is 2.18. The van der Waals surface area contributed by atoms with E-state index in [9.17, 15) is 0 Å². The molecule has 0 saturated carbocycles. The van der Waals surface area contributed by atoms with E-state index in [0.29, 0.717) is 0 Å². The first-order chi connectivity index (χ1) is 12.7. The number of nitrogens with one attached hydrogen (secondary N) is 2. The maximum atomic E-state index is 4.32. The molecular weight excluding hydrogens is 467 g/mol. The molecule has 1 saturated heterocycles. The van der Waals surface area contributed by atoms with Crippen molar-refractivity contribution in [1.29, 1.82) is 0 Å². The van der Waals surface area contributed by atoms with Crippen molar-refractivity contribution in [3.63, 3.8) is 0 Å². The Balaban J connectivity index is 0.00000261. The summed E-state index contributed by atoms with van der Waals surface area (Å²) in [5.41, 5.74) is 2.70. The molecule has 0 radical (unpaired) electrons. The van der Waals surface area contributed by atoms with Crippen molar-refractivity contribution in [3.8, 4) is 0 Å². The van der Waals surface area contributed by atoms with E-state index < -0.39 is 0 Å². The first-order valence-electron chi connectivity index (χ1n) is 9.50. The minimum absolute atomic E-state index is 0. The Morgan fingerprint density at radius 1 is 1.11 bits per heavy atom. The fourth-order valence-electron chi connectivity index (χ4n) is 3.31. The summed E-state index contributed by atoms with van der Waals surface area (Å²) >= 11 is 1.76. The summed E-state index contributed by atoms with van der Waals surface area (Å²) in [6, 6.07) is 13.1. The normalized spacial score (nSPS) is 16.0. The number of rotatable bonds is 6. The van der Waals surface area contributed by atoms with Crippen LogP contribution in [0.1, 0.15) is 35.8 Å². The molecule has 4 nitrogen and oxygen atoms in total. The van der Waals surface area contributed by atoms with Crippen LogP contribution < -0.4 is 10.6 Å². The Labute approximate surface area is 184 Å². The van der Waals surface area contributed by atoms with Crippen LogP contribution in [0.4, 0.5) is 0 Å². The van der Waals surface area contributed by atoms with E-state index in [-0.39, 0.29) is 24.0 Å². The molecule has 27 heavy (non-hydrogen) atoms. The van der Waals surface area contributed by atoms with Gasteiger partial charge in [-0.3, -0.25) is 9.89 Å². The number of nitrogens with zero attached hydrogens (tertiary/aromatic N) is 2. The number of halogens is 1. The summed E-state index contributed by atoms with van der Waals surface area (Å²) in [6.45, 7) is 7.47. The largest absolute Gasteiger partial charge is 0.352 e. The van der Waals surface area contributed by atoms with Crippen LogP contribution in [-0.4, -0.2) is 31.0 Å². The van der Waals surface area contributed by atoms with E-state index in [4.69, 9.17) is 0 Å². The van der Waals surface area contributed by atoms with Crippen LogP contribution in [-0.2, 0) is 19.6 Å². The Kier molecular flexibility index (Phi) is 9.58. The molecule has 0 aliphatic carbocycles. The zero-order chi connectivity index (χ0) is 18.2. The van der Waals surface area contributed by atoms with Crippen molar-refractivity contribution in [2.75, 3.05) is 20.1 Å². The molecule has 148 valence electrons. The molecule has 6 heteroatoms. The Morgan fingerprint density at radius 3 is 2.56 bits per heavy atom. The number of hydrogen-bond donors (Lipinski definition) is 2. The molecule has 1 aliphatic rings. The minimum Gasteiger partial charge on any atom is -0.352 e. The molecule has 0 unspecified atom stereocenters. The van der Waals surface area contributed by atoms with Crippen molar-refractivity contribution in [3.05, 3.63) is 57.8 Å². The van der Waals surface area contributed by atoms with E-state index in [1.54, 1.807) is 11.3 Å². The lowest BCUT2D eigenvalue weighted by Gasteiger charge is -2.30. The van der Waals surface area contributed by atoms with Gasteiger partial charge in [0, 0.05) is 25.0 Å². The fraction of sp³-hybridized carbons (Fsp3) is 0.476. The van der Waals surface area contributed by atoms with E-state index in [0.717, 1.165) is 31.5 Å². The molecule has 2 heterocycles. The van der Waals surface area contributed by atoms with Gasteiger partial charge < -0.3 is 10.6 Å². The van der Waals surface area contributed by atoms with Crippen LogP contribution in [0.15, 0.2) is 46.8 Å². The third-order valence-electron chi connectivity index (χ3n) is 4.97. The highest BCUT2D eigenvalue weighted by atomic mass is 127. The van der Waals surface area contributed by atoms with Gasteiger partial charge in [-0.1, -0.05) is 37.3 Å². The number of guanidine groups is 1. The van der Waals surface area contributed by atoms with E-state index >= 15 is 0 Å². The molecule has 2 N–H and O–H groups in total. The molecule has 3 rings (SSSR count). The highest BCUT2D eigenvalue weighted by molar-refractivity contribution is 14.0. The number of thiophene rings is 1. The lowest BCUT2D eigenvalue weighted by atomic mass is 9.98. The van der Waals surface area contributed by atoms with Gasteiger partial charge in [0.2, 0.25) is 0 Å². The van der Waals surface area contributed by atoms with Gasteiger partial charge in [-0.2, -0.15) is 0 Å². The maximum absolute atomic E-state index is 4.32. The van der Waals surface area contributed by atoms with Gasteiger partial charge >= 0.3 is 0 Å². The number of benzene rings is 1. The van der Waals surface area contributed by atoms with Gasteiger partial charge in [-0.05, 0) is 54.4 Å². The van der Waals surface area contributed by atoms with Crippen LogP contribution in [0.2, 0.25) is 0 Å². The average Bonchev–Trinajstić information content (AvgIpc) is 3.18. The van der Waals surface area contributed by atoms with Crippen molar-refractivity contribution in [1.82, 2.24) is 15.5 Å². The van der Waals surface area contributed by atoms with Gasteiger partial charge in [0.15, 0.2) is 5.96 Å². The van der Waals surface area contributed by atoms with Gasteiger partial charge in [0.1, 0.15) is 0 Å². The first-order valence-corrected chi connectivity index (χ1v) is 10.4. The smallest absolute Gasteiger partial charge is 0.191 e. The summed E-state index contributed by atoms with van der Waals surface area (Å²) < 4.78 is 0. The molecule has 1 aromatic carbocycles. The van der Waals surface area contributed by atoms with Gasteiger partial charge in [-0.15, -0.1) is 35.3 Å². The molecule has 1 fully saturated rings. The molecule has 1 aliphatic heterocycles. The van der Waals surface area contributed by atoms with E-state index in [1.807, 2.05) is 7.05 Å². The third-order valence-corrected chi connectivity index (χ3v) is 5.84. The summed E-state index contributed by atoms with van der Waals surface area (Å²) in [7, 11) is 1.82. The zero-order valence-corrected chi connectivity index (χ0v) is 19.4. The SMILES string of the molecule is CN=C(NCc1cccc(CN2CCC(C)CC2)c1)NCc1cccs1.I. The summed E-state index contributed by atoms with van der Waals surface area (Å²) in [4.78, 5) is 8.20. The zero-order valence-electron chi connectivity index (χ0n) is 16.3. The van der Waals surface area contributed by atoms with Crippen LogP contribution in [0.3, 0.4) is 0 Å². The lowest BCUT2D eigenvalue weighted by molar-refractivity contribution is 0.185. The standard InChI is InChI=1S/C21H30N4S.HI/c1-17-8-10-25(11-9-17)16-19-6-3-5-18(13-19)14-23-21(22-2)24-15-20-7-4-12-26-20;/h3-7,12-13,17H,8-11,14-16H2,1-2H3,(H2,22,23,24);1H. The van der Waals surface area contributed by atoms with E-state index in [1.165, 1.54) is 41.9 Å². The number of hydrogen-bond acceptors (Lipinski definition) is 3. The van der Waals surface area contributed by atoms with Crippen LogP contribution in [0, 0.1) is 5.92 Å². The monoisotopic (exact) mass is 498 g/mol. The second-order valence-electron chi connectivity index (χ2n) is 7.14. The Hall–Kier alpha value is -1.12. The fourth-order valence-corrected chi connectivity index (χ4v) is 3.95. The molecule has 2 aromatic rings. The van der Waals surface area contributed by atoms with Crippen molar-refractivity contribution >= 4 is 41.3 Å². The molecule has 1 aromatic heterocycles. The van der Waals surface area contributed by atoms with Crippen molar-refractivity contribution < 1.29 is 0 Å². The average molecular weight is 498 g/mol. The number of aliphatic imine (C=N–C) groups is 1. The number of likely N-dealkylation sites (tertiary alicyclic amines) is 1. The quantitative estimate of drug-likeness (QED) is 0.351. The van der Waals surface area contributed by atoms with Crippen LogP contribution >= 0.6 is 35.3 Å². The maximum Gasteiger partial charge on any atom is 0.191 e.